The lowest BCUT2D eigenvalue weighted by Crippen LogP contribution is -2.07. The molecule has 0 atom stereocenters. The van der Waals surface area contributed by atoms with Crippen LogP contribution >= 0.6 is 25.3 Å². The third-order valence-corrected chi connectivity index (χ3v) is 4.76. The minimum absolute atomic E-state index is 0.441. The fourth-order valence-corrected chi connectivity index (χ4v) is 2.86. The van der Waals surface area contributed by atoms with Crippen LogP contribution in [-0.2, 0) is 0 Å². The van der Waals surface area contributed by atoms with E-state index in [1.807, 2.05) is 48.5 Å². The zero-order valence-electron chi connectivity index (χ0n) is 15.9. The Bertz CT molecular complexity index is 737. The Morgan fingerprint density at radius 1 is 0.808 bits per heavy atom. The Labute approximate surface area is 168 Å². The molecule has 2 aromatic rings. The van der Waals surface area contributed by atoms with Crippen molar-refractivity contribution in [1.82, 2.24) is 0 Å². The zero-order chi connectivity index (χ0) is 19.1. The molecule has 0 radical (unpaired) electrons. The van der Waals surface area contributed by atoms with E-state index in [9.17, 15) is 0 Å². The highest BCUT2D eigenvalue weighted by atomic mass is 32.1. The molecule has 0 aliphatic carbocycles. The third-order valence-electron chi connectivity index (χ3n) is 3.63. The zero-order valence-corrected chi connectivity index (χ0v) is 17.7. The summed E-state index contributed by atoms with van der Waals surface area (Å²) in [5.41, 5.74) is 1.91. The highest BCUT2D eigenvalue weighted by Crippen LogP contribution is 2.38. The molecule has 2 aromatic carbocycles. The molecule has 0 saturated carbocycles. The minimum atomic E-state index is 0.441. The fraction of sp³-hybridized carbons (Fsp3) is 0.364. The van der Waals surface area contributed by atoms with Crippen molar-refractivity contribution in [2.24, 2.45) is 11.8 Å². The quantitative estimate of drug-likeness (QED) is 0.400. The van der Waals surface area contributed by atoms with E-state index >= 15 is 0 Å². The molecule has 0 spiro atoms. The average Bonchev–Trinajstić information content (AvgIpc) is 2.64. The second-order valence-corrected chi connectivity index (χ2v) is 8.03. The van der Waals surface area contributed by atoms with Crippen LogP contribution in [0.3, 0.4) is 0 Å². The second kappa shape index (κ2) is 9.98. The summed E-state index contributed by atoms with van der Waals surface area (Å²) >= 11 is 9.47. The van der Waals surface area contributed by atoms with Crippen LogP contribution < -0.4 is 9.47 Å². The van der Waals surface area contributed by atoms with Crippen LogP contribution in [0.2, 0.25) is 0 Å². The lowest BCUT2D eigenvalue weighted by Gasteiger charge is -2.17. The largest absolute Gasteiger partial charge is 0.493 e. The van der Waals surface area contributed by atoms with E-state index < -0.39 is 0 Å². The summed E-state index contributed by atoms with van der Waals surface area (Å²) in [6, 6.07) is 15.9. The molecule has 0 amide bonds. The van der Waals surface area contributed by atoms with Gasteiger partial charge < -0.3 is 9.47 Å². The van der Waals surface area contributed by atoms with Gasteiger partial charge in [0.15, 0.2) is 0 Å². The Morgan fingerprint density at radius 2 is 1.42 bits per heavy atom. The van der Waals surface area contributed by atoms with Crippen LogP contribution in [0.4, 0.5) is 0 Å². The molecule has 0 saturated heterocycles. The Morgan fingerprint density at radius 3 is 2.04 bits per heavy atom. The highest BCUT2D eigenvalue weighted by Gasteiger charge is 2.13. The van der Waals surface area contributed by atoms with E-state index in [0.717, 1.165) is 32.4 Å². The summed E-state index contributed by atoms with van der Waals surface area (Å²) in [5, 5.41) is 0. The number of benzene rings is 2. The molecule has 0 bridgehead atoms. The maximum atomic E-state index is 6.01. The van der Waals surface area contributed by atoms with Crippen LogP contribution in [0.15, 0.2) is 48.5 Å². The molecule has 4 heteroatoms. The number of hydrogen-bond donors (Lipinski definition) is 2. The molecular formula is C22H28O2S2. The van der Waals surface area contributed by atoms with E-state index in [1.54, 1.807) is 0 Å². The lowest BCUT2D eigenvalue weighted by molar-refractivity contribution is 0.263. The minimum Gasteiger partial charge on any atom is -0.493 e. The Kier molecular flexibility index (Phi) is 7.98. The molecule has 0 heterocycles. The summed E-state index contributed by atoms with van der Waals surface area (Å²) < 4.78 is 11.9. The van der Waals surface area contributed by atoms with E-state index in [0.29, 0.717) is 25.0 Å². The van der Waals surface area contributed by atoms with Crippen LogP contribution in [-0.4, -0.2) is 13.2 Å². The molecule has 2 nitrogen and oxygen atoms in total. The van der Waals surface area contributed by atoms with Gasteiger partial charge in [-0.2, -0.15) is 0 Å². The highest BCUT2D eigenvalue weighted by molar-refractivity contribution is 7.96. The van der Waals surface area contributed by atoms with E-state index in [1.165, 1.54) is 0 Å². The predicted molar refractivity (Wildman–Crippen MR) is 118 cm³/mol. The van der Waals surface area contributed by atoms with Crippen molar-refractivity contribution in [3.05, 3.63) is 59.7 Å². The van der Waals surface area contributed by atoms with Gasteiger partial charge in [0.2, 0.25) is 0 Å². The van der Waals surface area contributed by atoms with Crippen molar-refractivity contribution >= 4 is 35.1 Å². The average molecular weight is 389 g/mol. The van der Waals surface area contributed by atoms with Crippen molar-refractivity contribution in [1.29, 1.82) is 0 Å². The number of ether oxygens (including phenoxy) is 2. The number of rotatable bonds is 8. The maximum absolute atomic E-state index is 6.01. The van der Waals surface area contributed by atoms with Gasteiger partial charge in [0, 0.05) is 15.4 Å². The second-order valence-electron chi connectivity index (χ2n) is 7.13. The molecule has 0 aliphatic heterocycles. The summed E-state index contributed by atoms with van der Waals surface area (Å²) in [6.07, 6.45) is 0. The molecule has 2 rings (SSSR count). The summed E-state index contributed by atoms with van der Waals surface area (Å²) in [6.45, 7) is 9.84. The molecule has 0 fully saturated rings. The standard InChI is InChI=1S/C22H28O2S2/c1-15(2)13-23-18-10-11-20(24-14-16(3)4)19(12-18)22(26)21(25)17-8-6-5-7-9-17/h5-12,15-16,25-26H,13-14H2,1-4H3/b22-21-. The van der Waals surface area contributed by atoms with Gasteiger partial charge in [-0.1, -0.05) is 58.0 Å². The van der Waals surface area contributed by atoms with Gasteiger partial charge in [0.1, 0.15) is 11.5 Å². The van der Waals surface area contributed by atoms with Gasteiger partial charge >= 0.3 is 0 Å². The predicted octanol–water partition coefficient (Wildman–Crippen LogP) is 6.44. The van der Waals surface area contributed by atoms with Gasteiger partial charge in [-0.05, 0) is 35.6 Å². The molecule has 0 aromatic heterocycles. The smallest absolute Gasteiger partial charge is 0.127 e. The van der Waals surface area contributed by atoms with Crippen LogP contribution in [0.25, 0.3) is 9.81 Å². The first kappa shape index (κ1) is 20.8. The summed E-state index contributed by atoms with van der Waals surface area (Å²) in [5.74, 6) is 2.51. The first-order valence-corrected chi connectivity index (χ1v) is 9.85. The van der Waals surface area contributed by atoms with Gasteiger partial charge in [0.25, 0.3) is 0 Å². The molecule has 0 unspecified atom stereocenters. The van der Waals surface area contributed by atoms with Gasteiger partial charge in [-0.15, -0.1) is 25.3 Å². The third kappa shape index (κ3) is 6.03. The fourth-order valence-electron chi connectivity index (χ4n) is 2.29. The van der Waals surface area contributed by atoms with E-state index in [2.05, 4.69) is 27.7 Å². The Balaban J connectivity index is 2.41. The van der Waals surface area contributed by atoms with E-state index in [-0.39, 0.29) is 0 Å². The van der Waals surface area contributed by atoms with Crippen molar-refractivity contribution in [2.45, 2.75) is 27.7 Å². The first-order valence-electron chi connectivity index (χ1n) is 8.96. The SMILES string of the molecule is CC(C)COc1ccc(OCC(C)C)c(/C(S)=C(/S)c2ccccc2)c1. The molecule has 0 aliphatic rings. The topological polar surface area (TPSA) is 18.5 Å². The van der Waals surface area contributed by atoms with E-state index in [4.69, 9.17) is 34.7 Å². The first-order chi connectivity index (χ1) is 12.4. The van der Waals surface area contributed by atoms with Gasteiger partial charge in [-0.3, -0.25) is 0 Å². The molecular weight excluding hydrogens is 360 g/mol. The normalized spacial score (nSPS) is 12.3. The molecule has 0 N–H and O–H groups in total. The Hall–Kier alpha value is -1.52. The van der Waals surface area contributed by atoms with Crippen LogP contribution in [0.5, 0.6) is 11.5 Å². The lowest BCUT2D eigenvalue weighted by atomic mass is 10.1. The summed E-state index contributed by atoms with van der Waals surface area (Å²) in [4.78, 5) is 1.58. The molecule has 26 heavy (non-hydrogen) atoms. The van der Waals surface area contributed by atoms with Crippen molar-refractivity contribution in [3.63, 3.8) is 0 Å². The summed E-state index contributed by atoms with van der Waals surface area (Å²) in [7, 11) is 0. The molecule has 140 valence electrons. The van der Waals surface area contributed by atoms with Gasteiger partial charge in [-0.25, -0.2) is 0 Å². The number of hydrogen-bond acceptors (Lipinski definition) is 4. The number of thiol groups is 2. The van der Waals surface area contributed by atoms with Crippen LogP contribution in [0, 0.1) is 11.8 Å². The monoisotopic (exact) mass is 388 g/mol. The maximum Gasteiger partial charge on any atom is 0.127 e. The van der Waals surface area contributed by atoms with Crippen molar-refractivity contribution in [2.75, 3.05) is 13.2 Å². The van der Waals surface area contributed by atoms with Crippen molar-refractivity contribution < 1.29 is 9.47 Å². The van der Waals surface area contributed by atoms with Gasteiger partial charge in [0.05, 0.1) is 13.2 Å². The van der Waals surface area contributed by atoms with Crippen LogP contribution in [0.1, 0.15) is 38.8 Å². The van der Waals surface area contributed by atoms with Crippen molar-refractivity contribution in [3.8, 4) is 11.5 Å².